The first-order valence-electron chi connectivity index (χ1n) is 10.9. The van der Waals surface area contributed by atoms with Crippen LogP contribution in [-0.4, -0.2) is 62.5 Å². The van der Waals surface area contributed by atoms with Gasteiger partial charge in [0.1, 0.15) is 8.07 Å². The van der Waals surface area contributed by atoms with E-state index in [0.29, 0.717) is 11.4 Å². The van der Waals surface area contributed by atoms with Crippen LogP contribution in [0.4, 0.5) is 8.78 Å². The van der Waals surface area contributed by atoms with Crippen molar-refractivity contribution in [1.29, 1.82) is 0 Å². The lowest BCUT2D eigenvalue weighted by atomic mass is 10.1. The molecule has 2 aromatic carbocycles. The highest BCUT2D eigenvalue weighted by molar-refractivity contribution is 6.88. The molecule has 192 valence electrons. The van der Waals surface area contributed by atoms with Gasteiger partial charge < -0.3 is 19.7 Å². The zero-order chi connectivity index (χ0) is 26.5. The van der Waals surface area contributed by atoms with E-state index >= 15 is 0 Å². The van der Waals surface area contributed by atoms with Gasteiger partial charge >= 0.3 is 0 Å². The number of hydrogen-bond acceptors (Lipinski definition) is 8. The molecule has 0 radical (unpaired) electrons. The molecule has 0 bridgehead atoms. The molecule has 0 unspecified atom stereocenters. The summed E-state index contributed by atoms with van der Waals surface area (Å²) in [5, 5.41) is 35.0. The van der Waals surface area contributed by atoms with E-state index in [1.165, 1.54) is 41.9 Å². The van der Waals surface area contributed by atoms with Gasteiger partial charge in [0, 0.05) is 17.3 Å². The molecule has 10 nitrogen and oxygen atoms in total. The number of nitrogens with zero attached hydrogens (tertiary/aromatic N) is 6. The predicted molar refractivity (Wildman–Crippen MR) is 131 cm³/mol. The SMILES string of the molecule is COc1ccc(-n2cc([Si](C)(C)C)nn2)c(CO)c1F.COc1ccc(-n2ccnn2)c(CO)c1F. The zero-order valence-electron chi connectivity index (χ0n) is 20.6. The molecule has 0 aliphatic carbocycles. The van der Waals surface area contributed by atoms with Crippen molar-refractivity contribution in [2.24, 2.45) is 0 Å². The molecular formula is C23H28F2N6O4Si. The molecule has 4 rings (SSSR count). The van der Waals surface area contributed by atoms with Crippen molar-refractivity contribution < 1.29 is 28.5 Å². The van der Waals surface area contributed by atoms with Crippen LogP contribution in [0, 0.1) is 11.6 Å². The Morgan fingerprint density at radius 3 is 1.75 bits per heavy atom. The molecule has 0 aliphatic heterocycles. The van der Waals surface area contributed by atoms with Gasteiger partial charge in [-0.25, -0.2) is 18.1 Å². The Kier molecular flexibility index (Phi) is 8.50. The Balaban J connectivity index is 0.000000205. The van der Waals surface area contributed by atoms with Crippen LogP contribution in [0.1, 0.15) is 11.1 Å². The quantitative estimate of drug-likeness (QED) is 0.358. The first-order valence-corrected chi connectivity index (χ1v) is 14.4. The van der Waals surface area contributed by atoms with Crippen molar-refractivity contribution in [2.45, 2.75) is 32.9 Å². The molecule has 0 fully saturated rings. The molecule has 2 heterocycles. The summed E-state index contributed by atoms with van der Waals surface area (Å²) >= 11 is 0. The minimum atomic E-state index is -1.58. The molecular weight excluding hydrogens is 490 g/mol. The van der Waals surface area contributed by atoms with Crippen molar-refractivity contribution >= 4 is 13.4 Å². The number of halogens is 2. The standard InChI is InChI=1S/C13H18FN3O2Si.C10H10FN3O2/c1-19-11-6-5-10(9(8-18)13(11)14)17-7-12(15-16-17)20(2,3)4;1-16-9-3-2-8(7(6-15)10(9)11)14-5-4-12-13-14/h5-7,18H,8H2,1-4H3;2-5,15H,6H2,1H3. The fourth-order valence-corrected chi connectivity index (χ4v) is 4.14. The fraction of sp³-hybridized carbons (Fsp3) is 0.304. The van der Waals surface area contributed by atoms with Crippen molar-refractivity contribution in [2.75, 3.05) is 14.2 Å². The minimum Gasteiger partial charge on any atom is -0.494 e. The summed E-state index contributed by atoms with van der Waals surface area (Å²) in [6.45, 7) is 5.60. The maximum Gasteiger partial charge on any atom is 0.172 e. The van der Waals surface area contributed by atoms with Gasteiger partial charge in [-0.2, -0.15) is 0 Å². The summed E-state index contributed by atoms with van der Waals surface area (Å²) < 4.78 is 40.5. The molecule has 0 saturated carbocycles. The number of aliphatic hydroxyl groups is 2. The van der Waals surface area contributed by atoms with E-state index in [2.05, 4.69) is 40.3 Å². The van der Waals surface area contributed by atoms with E-state index in [-0.39, 0.29) is 22.6 Å². The Morgan fingerprint density at radius 1 is 0.833 bits per heavy atom. The van der Waals surface area contributed by atoms with Crippen LogP contribution in [0.15, 0.2) is 42.9 Å². The summed E-state index contributed by atoms with van der Waals surface area (Å²) in [7, 11) is 1.18. The summed E-state index contributed by atoms with van der Waals surface area (Å²) in [4.78, 5) is 0. The van der Waals surface area contributed by atoms with Crippen LogP contribution in [0.3, 0.4) is 0 Å². The second-order valence-corrected chi connectivity index (χ2v) is 13.6. The monoisotopic (exact) mass is 518 g/mol. The van der Waals surface area contributed by atoms with Crippen molar-refractivity contribution in [3.8, 4) is 22.9 Å². The van der Waals surface area contributed by atoms with Crippen LogP contribution in [0.25, 0.3) is 11.4 Å². The smallest absolute Gasteiger partial charge is 0.172 e. The van der Waals surface area contributed by atoms with Crippen LogP contribution < -0.4 is 14.8 Å². The molecule has 36 heavy (non-hydrogen) atoms. The average Bonchev–Trinajstić information content (AvgIpc) is 3.56. The highest BCUT2D eigenvalue weighted by Gasteiger charge is 2.22. The lowest BCUT2D eigenvalue weighted by molar-refractivity contribution is 0.271. The first kappa shape index (κ1) is 26.9. The topological polar surface area (TPSA) is 120 Å². The Morgan fingerprint density at radius 2 is 1.36 bits per heavy atom. The van der Waals surface area contributed by atoms with Gasteiger partial charge in [-0.15, -0.1) is 10.2 Å². The third-order valence-electron chi connectivity index (χ3n) is 5.30. The molecule has 0 amide bonds. The molecule has 4 aromatic rings. The van der Waals surface area contributed by atoms with Gasteiger partial charge in [0.2, 0.25) is 0 Å². The van der Waals surface area contributed by atoms with Gasteiger partial charge in [0.25, 0.3) is 0 Å². The predicted octanol–water partition coefficient (Wildman–Crippen LogP) is 2.36. The lowest BCUT2D eigenvalue weighted by Crippen LogP contribution is -2.38. The van der Waals surface area contributed by atoms with Crippen molar-refractivity contribution in [3.63, 3.8) is 0 Å². The summed E-state index contributed by atoms with van der Waals surface area (Å²) in [5.41, 5.74) is 1.20. The summed E-state index contributed by atoms with van der Waals surface area (Å²) in [6, 6.07) is 6.27. The molecule has 2 N–H and O–H groups in total. The molecule has 0 spiro atoms. The Hall–Kier alpha value is -3.68. The molecule has 2 aromatic heterocycles. The number of aromatic nitrogens is 6. The lowest BCUT2D eigenvalue weighted by Gasteiger charge is -2.12. The van der Waals surface area contributed by atoms with Crippen LogP contribution >= 0.6 is 0 Å². The zero-order valence-corrected chi connectivity index (χ0v) is 21.6. The van der Waals surface area contributed by atoms with Gasteiger partial charge in [-0.1, -0.05) is 30.1 Å². The van der Waals surface area contributed by atoms with Gasteiger partial charge in [0.15, 0.2) is 23.1 Å². The number of ether oxygens (including phenoxy) is 2. The summed E-state index contributed by atoms with van der Waals surface area (Å²) in [5.74, 6) is -0.966. The Bertz CT molecular complexity index is 1310. The highest BCUT2D eigenvalue weighted by atomic mass is 28.3. The molecule has 0 saturated heterocycles. The summed E-state index contributed by atoms with van der Waals surface area (Å²) in [6.07, 6.45) is 4.84. The van der Waals surface area contributed by atoms with Crippen LogP contribution in [-0.2, 0) is 13.2 Å². The first-order chi connectivity index (χ1) is 17.2. The van der Waals surface area contributed by atoms with Crippen LogP contribution in [0.5, 0.6) is 11.5 Å². The third kappa shape index (κ3) is 5.58. The normalized spacial score (nSPS) is 11.1. The van der Waals surface area contributed by atoms with Crippen molar-refractivity contribution in [1.82, 2.24) is 30.0 Å². The average molecular weight is 519 g/mol. The number of methoxy groups -OCH3 is 2. The number of aliphatic hydroxyl groups excluding tert-OH is 2. The third-order valence-corrected chi connectivity index (χ3v) is 7.07. The molecule has 0 atom stereocenters. The minimum absolute atomic E-state index is 0.0907. The van der Waals surface area contributed by atoms with E-state index in [9.17, 15) is 13.9 Å². The number of benzene rings is 2. The maximum absolute atomic E-state index is 14.1. The fourth-order valence-electron chi connectivity index (χ4n) is 3.29. The second kappa shape index (κ2) is 11.4. The van der Waals surface area contributed by atoms with E-state index < -0.39 is 32.9 Å². The Labute approximate surface area is 207 Å². The van der Waals surface area contributed by atoms with E-state index in [4.69, 9.17) is 14.6 Å². The van der Waals surface area contributed by atoms with E-state index in [1.54, 1.807) is 24.5 Å². The van der Waals surface area contributed by atoms with Gasteiger partial charge in [-0.05, 0) is 24.3 Å². The van der Waals surface area contributed by atoms with Crippen molar-refractivity contribution in [3.05, 3.63) is 65.6 Å². The van der Waals surface area contributed by atoms with Crippen LogP contribution in [0.2, 0.25) is 19.6 Å². The molecule has 13 heteroatoms. The molecule has 0 aliphatic rings. The van der Waals surface area contributed by atoms with Gasteiger partial charge in [0.05, 0.1) is 56.5 Å². The van der Waals surface area contributed by atoms with E-state index in [1.807, 2.05) is 0 Å². The van der Waals surface area contributed by atoms with E-state index in [0.717, 1.165) is 5.32 Å². The highest BCUT2D eigenvalue weighted by Crippen LogP contribution is 2.27. The maximum atomic E-state index is 14.1. The van der Waals surface area contributed by atoms with Gasteiger partial charge in [-0.3, -0.25) is 0 Å². The number of hydrogen-bond donors (Lipinski definition) is 2. The largest absolute Gasteiger partial charge is 0.494 e. The number of rotatable bonds is 7. The second-order valence-electron chi connectivity index (χ2n) is 8.62.